The molecule has 0 fully saturated rings. The van der Waals surface area contributed by atoms with E-state index >= 15 is 0 Å². The number of rotatable bonds is 8. The molecule has 0 spiro atoms. The van der Waals surface area contributed by atoms with Gasteiger partial charge < -0.3 is 11.1 Å². The van der Waals surface area contributed by atoms with E-state index < -0.39 is 0 Å². The Morgan fingerprint density at radius 2 is 1.82 bits per heavy atom. The monoisotopic (exact) mass is 314 g/mol. The van der Waals surface area contributed by atoms with Crippen molar-refractivity contribution in [3.8, 4) is 0 Å². The smallest absolute Gasteiger partial charge is 0.227 e. The normalized spacial score (nSPS) is 11.9. The van der Waals surface area contributed by atoms with E-state index in [4.69, 9.17) is 5.73 Å². The van der Waals surface area contributed by atoms with E-state index in [1.54, 1.807) is 0 Å². The van der Waals surface area contributed by atoms with Gasteiger partial charge in [0.15, 0.2) is 0 Å². The zero-order valence-electron chi connectivity index (χ0n) is 12.8. The van der Waals surface area contributed by atoms with Crippen LogP contribution in [0.2, 0.25) is 0 Å². The summed E-state index contributed by atoms with van der Waals surface area (Å²) in [5.41, 5.74) is 7.64. The van der Waals surface area contributed by atoms with Gasteiger partial charge in [-0.2, -0.15) is 0 Å². The van der Waals surface area contributed by atoms with E-state index in [2.05, 4.69) is 36.5 Å². The minimum atomic E-state index is -0.294. The molecule has 1 atom stereocenters. The van der Waals surface area contributed by atoms with Crippen molar-refractivity contribution in [2.75, 3.05) is 17.6 Å². The molecule has 0 saturated carbocycles. The van der Waals surface area contributed by atoms with Crippen molar-refractivity contribution in [3.63, 3.8) is 0 Å². The molecular weight excluding hydrogens is 292 g/mol. The van der Waals surface area contributed by atoms with E-state index in [1.165, 1.54) is 17.3 Å². The predicted octanol–water partition coefficient (Wildman–Crippen LogP) is 3.87. The quantitative estimate of drug-likeness (QED) is 0.727. The minimum absolute atomic E-state index is 0.294. The van der Waals surface area contributed by atoms with Crippen LogP contribution in [-0.2, 0) is 4.79 Å². The first kappa shape index (κ1) is 16.4. The van der Waals surface area contributed by atoms with Crippen LogP contribution in [-0.4, -0.2) is 18.2 Å². The molecule has 1 amide bonds. The van der Waals surface area contributed by atoms with Crippen LogP contribution in [0.5, 0.6) is 0 Å². The van der Waals surface area contributed by atoms with Crippen molar-refractivity contribution < 1.29 is 4.79 Å². The number of carbonyl (C=O) groups excluding carboxylic acids is 1. The molecular formula is C18H22N2OS. The Bertz CT molecular complexity index is 601. The van der Waals surface area contributed by atoms with Gasteiger partial charge in [-0.05, 0) is 30.0 Å². The fraction of sp³-hybridized carbons (Fsp3) is 0.278. The van der Waals surface area contributed by atoms with E-state index in [-0.39, 0.29) is 5.91 Å². The number of nitrogens with one attached hydrogen (secondary N) is 1. The van der Waals surface area contributed by atoms with Crippen LogP contribution in [0.3, 0.4) is 0 Å². The van der Waals surface area contributed by atoms with Gasteiger partial charge in [-0.15, -0.1) is 11.8 Å². The van der Waals surface area contributed by atoms with Crippen LogP contribution in [0.25, 0.3) is 0 Å². The lowest BCUT2D eigenvalue weighted by Gasteiger charge is -2.15. The van der Waals surface area contributed by atoms with E-state index in [0.717, 1.165) is 23.5 Å². The summed E-state index contributed by atoms with van der Waals surface area (Å²) in [7, 11) is 0. The fourth-order valence-corrected chi connectivity index (χ4v) is 3.03. The van der Waals surface area contributed by atoms with Gasteiger partial charge in [-0.3, -0.25) is 4.79 Å². The molecule has 116 valence electrons. The Labute approximate surface area is 136 Å². The maximum absolute atomic E-state index is 10.9. The number of hydrogen-bond donors (Lipinski definition) is 2. The summed E-state index contributed by atoms with van der Waals surface area (Å²) in [6.07, 6.45) is 1.05. The second kappa shape index (κ2) is 8.49. The number of carbonyl (C=O) groups is 1. The number of benzene rings is 2. The van der Waals surface area contributed by atoms with Gasteiger partial charge in [0.1, 0.15) is 0 Å². The highest BCUT2D eigenvalue weighted by molar-refractivity contribution is 8.00. The number of anilines is 1. The summed E-state index contributed by atoms with van der Waals surface area (Å²) < 4.78 is 0. The molecule has 0 aliphatic carbocycles. The average molecular weight is 314 g/mol. The molecule has 0 aliphatic heterocycles. The van der Waals surface area contributed by atoms with Crippen LogP contribution >= 0.6 is 11.8 Å². The lowest BCUT2D eigenvalue weighted by atomic mass is 9.98. The molecule has 0 aliphatic rings. The number of nitrogens with two attached hydrogens (primary N) is 1. The van der Waals surface area contributed by atoms with Crippen molar-refractivity contribution in [1.82, 2.24) is 0 Å². The van der Waals surface area contributed by atoms with Gasteiger partial charge in [-0.25, -0.2) is 0 Å². The third kappa shape index (κ3) is 5.11. The Balaban J connectivity index is 1.87. The first-order valence-electron chi connectivity index (χ1n) is 7.46. The third-order valence-electron chi connectivity index (χ3n) is 3.52. The largest absolute Gasteiger partial charge is 0.384 e. The van der Waals surface area contributed by atoms with Crippen molar-refractivity contribution in [2.45, 2.75) is 24.2 Å². The Hall–Kier alpha value is -1.94. The highest BCUT2D eigenvalue weighted by Crippen LogP contribution is 2.27. The summed E-state index contributed by atoms with van der Waals surface area (Å²) in [5, 5.41) is 3.46. The maximum Gasteiger partial charge on any atom is 0.227 e. The molecule has 4 heteroatoms. The number of hydrogen-bond acceptors (Lipinski definition) is 3. The standard InChI is InChI=1S/C18H22N2OS/c1-14(15-7-3-2-4-8-15)11-12-20-16-9-5-6-10-17(16)22-13-18(19)21/h2-10,14,20H,11-13H2,1H3,(H2,19,21). The molecule has 0 bridgehead atoms. The second-order valence-corrected chi connectivity index (χ2v) is 6.30. The van der Waals surface area contributed by atoms with Crippen molar-refractivity contribution in [2.24, 2.45) is 5.73 Å². The van der Waals surface area contributed by atoms with Crippen LogP contribution < -0.4 is 11.1 Å². The van der Waals surface area contributed by atoms with Gasteiger partial charge in [-0.1, -0.05) is 49.4 Å². The lowest BCUT2D eigenvalue weighted by molar-refractivity contribution is -0.115. The number of para-hydroxylation sites is 1. The summed E-state index contributed by atoms with van der Waals surface area (Å²) in [6.45, 7) is 3.13. The van der Waals surface area contributed by atoms with Gasteiger partial charge in [0.2, 0.25) is 5.91 Å². The molecule has 2 aromatic rings. The molecule has 0 saturated heterocycles. The van der Waals surface area contributed by atoms with Crippen LogP contribution in [0, 0.1) is 0 Å². The van der Waals surface area contributed by atoms with E-state index in [1.807, 2.05) is 30.3 Å². The molecule has 1 unspecified atom stereocenters. The van der Waals surface area contributed by atoms with Gasteiger partial charge >= 0.3 is 0 Å². The second-order valence-electron chi connectivity index (χ2n) is 5.28. The zero-order valence-corrected chi connectivity index (χ0v) is 13.6. The third-order valence-corrected chi connectivity index (χ3v) is 4.61. The molecule has 0 heterocycles. The van der Waals surface area contributed by atoms with Gasteiger partial charge in [0.05, 0.1) is 5.75 Å². The molecule has 0 aromatic heterocycles. The molecule has 2 aromatic carbocycles. The molecule has 2 rings (SSSR count). The van der Waals surface area contributed by atoms with Crippen molar-refractivity contribution in [3.05, 3.63) is 60.2 Å². The van der Waals surface area contributed by atoms with Gasteiger partial charge in [0.25, 0.3) is 0 Å². The SMILES string of the molecule is CC(CCNc1ccccc1SCC(N)=O)c1ccccc1. The maximum atomic E-state index is 10.9. The van der Waals surface area contributed by atoms with Gasteiger partial charge in [0, 0.05) is 17.1 Å². The highest BCUT2D eigenvalue weighted by Gasteiger charge is 2.07. The number of primary amides is 1. The summed E-state index contributed by atoms with van der Waals surface area (Å²) in [4.78, 5) is 12.0. The molecule has 0 radical (unpaired) electrons. The molecule has 3 N–H and O–H groups in total. The summed E-state index contributed by atoms with van der Waals surface area (Å²) >= 11 is 1.47. The minimum Gasteiger partial charge on any atom is -0.384 e. The summed E-state index contributed by atoms with van der Waals surface area (Å²) in [5.74, 6) is 0.524. The zero-order chi connectivity index (χ0) is 15.8. The number of amides is 1. The van der Waals surface area contributed by atoms with Crippen LogP contribution in [0.1, 0.15) is 24.8 Å². The first-order valence-corrected chi connectivity index (χ1v) is 8.44. The predicted molar refractivity (Wildman–Crippen MR) is 94.3 cm³/mol. The Morgan fingerprint density at radius 3 is 2.55 bits per heavy atom. The van der Waals surface area contributed by atoms with Crippen molar-refractivity contribution in [1.29, 1.82) is 0 Å². The Morgan fingerprint density at radius 1 is 1.14 bits per heavy atom. The molecule has 3 nitrogen and oxygen atoms in total. The van der Waals surface area contributed by atoms with Crippen LogP contribution in [0.4, 0.5) is 5.69 Å². The summed E-state index contributed by atoms with van der Waals surface area (Å²) in [6, 6.07) is 18.6. The highest BCUT2D eigenvalue weighted by atomic mass is 32.2. The topological polar surface area (TPSA) is 55.1 Å². The Kier molecular flexibility index (Phi) is 6.34. The fourth-order valence-electron chi connectivity index (χ4n) is 2.26. The van der Waals surface area contributed by atoms with Crippen molar-refractivity contribution >= 4 is 23.4 Å². The lowest BCUT2D eigenvalue weighted by Crippen LogP contribution is -2.13. The van der Waals surface area contributed by atoms with E-state index in [0.29, 0.717) is 11.7 Å². The molecule has 22 heavy (non-hydrogen) atoms. The van der Waals surface area contributed by atoms with Crippen LogP contribution in [0.15, 0.2) is 59.5 Å². The average Bonchev–Trinajstić information content (AvgIpc) is 2.54. The number of thioether (sulfide) groups is 1. The first-order chi connectivity index (χ1) is 10.7. The van der Waals surface area contributed by atoms with E-state index in [9.17, 15) is 4.79 Å².